The lowest BCUT2D eigenvalue weighted by Gasteiger charge is -2.17. The van der Waals surface area contributed by atoms with Gasteiger partial charge in [0.25, 0.3) is 9.28 Å². The Balaban J connectivity index is 3.64. The summed E-state index contributed by atoms with van der Waals surface area (Å²) in [5.74, 6) is 0. The van der Waals surface area contributed by atoms with E-state index in [0.717, 1.165) is 0 Å². The Morgan fingerprint density at radius 3 is 1.50 bits per heavy atom. The lowest BCUT2D eigenvalue weighted by molar-refractivity contribution is 0.453. The van der Waals surface area contributed by atoms with E-state index in [1.807, 2.05) is 11.4 Å². The Morgan fingerprint density at radius 2 is 1.25 bits per heavy atom. The first-order chi connectivity index (χ1) is 5.60. The van der Waals surface area contributed by atoms with Gasteiger partial charge in [-0.2, -0.15) is 0 Å². The molecule has 2 atom stereocenters. The zero-order valence-electron chi connectivity index (χ0n) is 8.12. The highest BCUT2D eigenvalue weighted by atomic mass is 28.4. The maximum Gasteiger partial charge on any atom is 0.297 e. The second kappa shape index (κ2) is 6.55. The van der Waals surface area contributed by atoms with Gasteiger partial charge in [0.2, 0.25) is 0 Å². The van der Waals surface area contributed by atoms with Gasteiger partial charge in [0, 0.05) is 0 Å². The molecule has 0 rings (SSSR count). The summed E-state index contributed by atoms with van der Waals surface area (Å²) in [6.07, 6.45) is 0. The average Bonchev–Trinajstić information content (AvgIpc) is 2.03. The largest absolute Gasteiger partial charge is 0.438 e. The van der Waals surface area contributed by atoms with Crippen LogP contribution in [0.5, 0.6) is 0 Å². The van der Waals surface area contributed by atoms with E-state index >= 15 is 0 Å². The maximum absolute atomic E-state index is 5.70. The van der Waals surface area contributed by atoms with E-state index in [0.29, 0.717) is 0 Å². The highest BCUT2D eigenvalue weighted by molar-refractivity contribution is 6.70. The smallest absolute Gasteiger partial charge is 0.297 e. The SMILES string of the molecule is C=C[SiH](C)O[SiH](C)O[SiH](C)C=C. The van der Waals surface area contributed by atoms with Gasteiger partial charge >= 0.3 is 0 Å². The Bertz CT molecular complexity index is 136. The molecule has 2 unspecified atom stereocenters. The van der Waals surface area contributed by atoms with Crippen LogP contribution < -0.4 is 0 Å². The van der Waals surface area contributed by atoms with Crippen LogP contribution in [0.15, 0.2) is 24.6 Å². The molecule has 0 radical (unpaired) electrons. The van der Waals surface area contributed by atoms with Crippen LogP contribution in [0.4, 0.5) is 0 Å². The van der Waals surface area contributed by atoms with Crippen LogP contribution in [0, 0.1) is 0 Å². The summed E-state index contributed by atoms with van der Waals surface area (Å²) in [7, 11) is -3.61. The van der Waals surface area contributed by atoms with Gasteiger partial charge in [-0.1, -0.05) is 11.4 Å². The molecule has 0 aliphatic rings. The van der Waals surface area contributed by atoms with Crippen LogP contribution in [0.1, 0.15) is 0 Å². The summed E-state index contributed by atoms with van der Waals surface area (Å²) < 4.78 is 11.4. The predicted octanol–water partition coefficient (Wildman–Crippen LogP) is 1.03. The molecular weight excluding hydrogens is 200 g/mol. The van der Waals surface area contributed by atoms with Crippen LogP contribution in [-0.2, 0) is 8.23 Å². The molecule has 0 aliphatic heterocycles. The minimum Gasteiger partial charge on any atom is -0.438 e. The van der Waals surface area contributed by atoms with Crippen LogP contribution in [0.25, 0.3) is 0 Å². The zero-order valence-corrected chi connectivity index (χ0v) is 11.6. The summed E-state index contributed by atoms with van der Waals surface area (Å²) >= 11 is 0. The predicted molar refractivity (Wildman–Crippen MR) is 61.6 cm³/mol. The molecule has 0 saturated heterocycles. The fourth-order valence-corrected chi connectivity index (χ4v) is 7.31. The average molecular weight is 218 g/mol. The van der Waals surface area contributed by atoms with E-state index in [-0.39, 0.29) is 0 Å². The number of rotatable bonds is 6. The summed E-state index contributed by atoms with van der Waals surface area (Å²) in [5, 5.41) is 0. The molecule has 0 bridgehead atoms. The molecule has 0 heterocycles. The van der Waals surface area contributed by atoms with Crippen LogP contribution in [-0.4, -0.2) is 27.4 Å². The molecule has 0 amide bonds. The first kappa shape index (κ1) is 12.1. The lowest BCUT2D eigenvalue weighted by atomic mass is 11.3. The normalized spacial score (nSPS) is 17.9. The van der Waals surface area contributed by atoms with Crippen molar-refractivity contribution in [2.45, 2.75) is 19.6 Å². The second-order valence-electron chi connectivity index (χ2n) is 2.72. The Labute approximate surface area is 80.2 Å². The number of hydrogen-bond donors (Lipinski definition) is 0. The fraction of sp³-hybridized carbons (Fsp3) is 0.429. The standard InChI is InChI=1S/C7H18O2Si3/c1-6-10(3)8-12(5)9-11(4)7-2/h6-7,10-12H,1-2H2,3-5H3. The minimum atomic E-state index is -1.37. The molecule has 70 valence electrons. The molecule has 0 aromatic carbocycles. The van der Waals surface area contributed by atoms with Gasteiger partial charge < -0.3 is 8.23 Å². The molecular formula is C7H18O2Si3. The van der Waals surface area contributed by atoms with Gasteiger partial charge in [0.15, 0.2) is 18.1 Å². The molecule has 0 aliphatic carbocycles. The zero-order chi connectivity index (χ0) is 9.56. The molecule has 2 nitrogen and oxygen atoms in total. The molecule has 5 heteroatoms. The molecule has 0 N–H and O–H groups in total. The second-order valence-corrected chi connectivity index (χ2v) is 9.80. The number of hydrogen-bond acceptors (Lipinski definition) is 2. The van der Waals surface area contributed by atoms with E-state index < -0.39 is 27.4 Å². The lowest BCUT2D eigenvalue weighted by Crippen LogP contribution is -2.30. The van der Waals surface area contributed by atoms with E-state index in [4.69, 9.17) is 8.23 Å². The first-order valence-corrected chi connectivity index (χ1v) is 10.8. The van der Waals surface area contributed by atoms with E-state index in [1.165, 1.54) is 0 Å². The van der Waals surface area contributed by atoms with Crippen molar-refractivity contribution in [1.82, 2.24) is 0 Å². The van der Waals surface area contributed by atoms with Crippen molar-refractivity contribution in [2.24, 2.45) is 0 Å². The fourth-order valence-electron chi connectivity index (χ4n) is 0.748. The molecule has 0 saturated carbocycles. The highest BCUT2D eigenvalue weighted by Crippen LogP contribution is 1.97. The quantitative estimate of drug-likeness (QED) is 0.620. The molecule has 0 aromatic rings. The molecule has 0 aromatic heterocycles. The summed E-state index contributed by atoms with van der Waals surface area (Å²) in [6, 6.07) is 0. The van der Waals surface area contributed by atoms with Crippen LogP contribution >= 0.6 is 0 Å². The maximum atomic E-state index is 5.70. The minimum absolute atomic E-state index is 1.12. The van der Waals surface area contributed by atoms with E-state index in [9.17, 15) is 0 Å². The van der Waals surface area contributed by atoms with Crippen molar-refractivity contribution in [1.29, 1.82) is 0 Å². The van der Waals surface area contributed by atoms with Gasteiger partial charge in [-0.05, 0) is 19.6 Å². The molecule has 0 spiro atoms. The monoisotopic (exact) mass is 218 g/mol. The van der Waals surface area contributed by atoms with Crippen molar-refractivity contribution >= 4 is 27.4 Å². The van der Waals surface area contributed by atoms with Crippen molar-refractivity contribution in [3.63, 3.8) is 0 Å². The van der Waals surface area contributed by atoms with Gasteiger partial charge in [0.05, 0.1) is 0 Å². The van der Waals surface area contributed by atoms with Crippen molar-refractivity contribution in [3.05, 3.63) is 24.6 Å². The Hall–Kier alpha value is 0.0506. The summed E-state index contributed by atoms with van der Waals surface area (Å²) in [5.41, 5.74) is 3.85. The topological polar surface area (TPSA) is 18.5 Å². The third-order valence-corrected chi connectivity index (χ3v) is 9.30. The Kier molecular flexibility index (Phi) is 6.58. The molecule has 12 heavy (non-hydrogen) atoms. The summed E-state index contributed by atoms with van der Waals surface area (Å²) in [6.45, 7) is 13.7. The van der Waals surface area contributed by atoms with Crippen molar-refractivity contribution < 1.29 is 8.23 Å². The highest BCUT2D eigenvalue weighted by Gasteiger charge is 2.11. The van der Waals surface area contributed by atoms with Gasteiger partial charge in [-0.3, -0.25) is 0 Å². The van der Waals surface area contributed by atoms with Gasteiger partial charge in [-0.25, -0.2) is 0 Å². The van der Waals surface area contributed by atoms with Crippen molar-refractivity contribution in [2.75, 3.05) is 0 Å². The Morgan fingerprint density at radius 1 is 0.917 bits per heavy atom. The third-order valence-electron chi connectivity index (χ3n) is 1.48. The van der Waals surface area contributed by atoms with Gasteiger partial charge in [-0.15, -0.1) is 13.2 Å². The third kappa shape index (κ3) is 5.67. The van der Waals surface area contributed by atoms with E-state index in [2.05, 4.69) is 32.8 Å². The van der Waals surface area contributed by atoms with Crippen LogP contribution in [0.2, 0.25) is 19.6 Å². The van der Waals surface area contributed by atoms with E-state index in [1.54, 1.807) is 0 Å². The van der Waals surface area contributed by atoms with Crippen LogP contribution in [0.3, 0.4) is 0 Å². The van der Waals surface area contributed by atoms with Crippen molar-refractivity contribution in [3.8, 4) is 0 Å². The summed E-state index contributed by atoms with van der Waals surface area (Å²) in [4.78, 5) is 0. The molecule has 0 fully saturated rings. The van der Waals surface area contributed by atoms with Gasteiger partial charge in [0.1, 0.15) is 0 Å². The first-order valence-electron chi connectivity index (χ1n) is 4.16.